The SMILES string of the molecule is C/C=C/C(=O)NCc1ccc(N2CCOCC2)c(F)c1. The third-order valence-electron chi connectivity index (χ3n) is 3.15. The number of hydrogen-bond donors (Lipinski definition) is 1. The number of anilines is 1. The zero-order valence-corrected chi connectivity index (χ0v) is 11.6. The van der Waals surface area contributed by atoms with Crippen molar-refractivity contribution in [3.63, 3.8) is 0 Å². The van der Waals surface area contributed by atoms with E-state index in [9.17, 15) is 9.18 Å². The van der Waals surface area contributed by atoms with Crippen LogP contribution in [-0.4, -0.2) is 32.2 Å². The Labute approximate surface area is 118 Å². The fraction of sp³-hybridized carbons (Fsp3) is 0.400. The highest BCUT2D eigenvalue weighted by molar-refractivity contribution is 5.87. The van der Waals surface area contributed by atoms with Crippen LogP contribution in [0.3, 0.4) is 0 Å². The van der Waals surface area contributed by atoms with Gasteiger partial charge >= 0.3 is 0 Å². The van der Waals surface area contributed by atoms with Gasteiger partial charge in [-0.1, -0.05) is 12.1 Å². The molecule has 2 rings (SSSR count). The highest BCUT2D eigenvalue weighted by Crippen LogP contribution is 2.21. The summed E-state index contributed by atoms with van der Waals surface area (Å²) in [7, 11) is 0. The number of halogens is 1. The van der Waals surface area contributed by atoms with Crippen molar-refractivity contribution >= 4 is 11.6 Å². The Morgan fingerprint density at radius 3 is 2.85 bits per heavy atom. The van der Waals surface area contributed by atoms with E-state index >= 15 is 0 Å². The van der Waals surface area contributed by atoms with Gasteiger partial charge in [-0.15, -0.1) is 0 Å². The number of hydrogen-bond acceptors (Lipinski definition) is 3. The number of nitrogens with zero attached hydrogens (tertiary/aromatic N) is 1. The van der Waals surface area contributed by atoms with E-state index in [0.29, 0.717) is 38.5 Å². The van der Waals surface area contributed by atoms with Crippen LogP contribution < -0.4 is 10.2 Å². The van der Waals surface area contributed by atoms with E-state index in [1.807, 2.05) is 11.0 Å². The van der Waals surface area contributed by atoms with Crippen LogP contribution in [0.5, 0.6) is 0 Å². The van der Waals surface area contributed by atoms with Gasteiger partial charge in [0.05, 0.1) is 18.9 Å². The fourth-order valence-corrected chi connectivity index (χ4v) is 2.12. The molecule has 0 spiro atoms. The quantitative estimate of drug-likeness (QED) is 0.855. The standard InChI is InChI=1S/C15H19FN2O2/c1-2-3-15(19)17-11-12-4-5-14(13(16)10-12)18-6-8-20-9-7-18/h2-5,10H,6-9,11H2,1H3,(H,17,19)/b3-2+. The van der Waals surface area contributed by atoms with Crippen molar-refractivity contribution < 1.29 is 13.9 Å². The molecule has 0 atom stereocenters. The van der Waals surface area contributed by atoms with Crippen molar-refractivity contribution in [2.24, 2.45) is 0 Å². The van der Waals surface area contributed by atoms with Gasteiger partial charge in [0.2, 0.25) is 5.91 Å². The molecular weight excluding hydrogens is 259 g/mol. The average Bonchev–Trinajstić information content (AvgIpc) is 2.46. The molecule has 4 nitrogen and oxygen atoms in total. The van der Waals surface area contributed by atoms with E-state index < -0.39 is 0 Å². The molecule has 108 valence electrons. The third kappa shape index (κ3) is 3.81. The minimum atomic E-state index is -0.260. The summed E-state index contributed by atoms with van der Waals surface area (Å²) in [6.45, 7) is 4.75. The van der Waals surface area contributed by atoms with Gasteiger partial charge in [0, 0.05) is 19.6 Å². The monoisotopic (exact) mass is 278 g/mol. The van der Waals surface area contributed by atoms with Gasteiger partial charge in [-0.25, -0.2) is 4.39 Å². The van der Waals surface area contributed by atoms with Gasteiger partial charge in [0.1, 0.15) is 5.82 Å². The second-order valence-electron chi connectivity index (χ2n) is 4.60. The Hall–Kier alpha value is -1.88. The van der Waals surface area contributed by atoms with Crippen molar-refractivity contribution in [2.75, 3.05) is 31.2 Å². The molecule has 1 aliphatic heterocycles. The number of rotatable bonds is 4. The molecule has 0 aromatic heterocycles. The Balaban J connectivity index is 1.99. The van der Waals surface area contributed by atoms with Crippen LogP contribution in [0, 0.1) is 5.82 Å². The lowest BCUT2D eigenvalue weighted by molar-refractivity contribution is -0.116. The number of benzene rings is 1. The maximum Gasteiger partial charge on any atom is 0.243 e. The second-order valence-corrected chi connectivity index (χ2v) is 4.60. The smallest absolute Gasteiger partial charge is 0.243 e. The summed E-state index contributed by atoms with van der Waals surface area (Å²) in [4.78, 5) is 13.3. The summed E-state index contributed by atoms with van der Waals surface area (Å²) in [5.74, 6) is -0.435. The number of ether oxygens (including phenoxy) is 1. The van der Waals surface area contributed by atoms with Crippen LogP contribution in [0.4, 0.5) is 10.1 Å². The van der Waals surface area contributed by atoms with Crippen molar-refractivity contribution in [2.45, 2.75) is 13.5 Å². The van der Waals surface area contributed by atoms with Crippen LogP contribution in [0.1, 0.15) is 12.5 Å². The van der Waals surface area contributed by atoms with Crippen LogP contribution in [0.2, 0.25) is 0 Å². The molecule has 5 heteroatoms. The summed E-state index contributed by atoms with van der Waals surface area (Å²) < 4.78 is 19.4. The maximum absolute atomic E-state index is 14.1. The Morgan fingerprint density at radius 2 is 2.20 bits per heavy atom. The molecule has 0 unspecified atom stereocenters. The van der Waals surface area contributed by atoms with Crippen LogP contribution in [-0.2, 0) is 16.1 Å². The molecule has 0 aliphatic carbocycles. The van der Waals surface area contributed by atoms with E-state index in [-0.39, 0.29) is 11.7 Å². The van der Waals surface area contributed by atoms with Crippen LogP contribution in [0.15, 0.2) is 30.4 Å². The van der Waals surface area contributed by atoms with Gasteiger partial charge in [0.25, 0.3) is 0 Å². The number of carbonyl (C=O) groups excluding carboxylic acids is 1. The molecule has 0 radical (unpaired) electrons. The van der Waals surface area contributed by atoms with Gasteiger partial charge in [0.15, 0.2) is 0 Å². The predicted molar refractivity (Wildman–Crippen MR) is 76.1 cm³/mol. The zero-order chi connectivity index (χ0) is 14.4. The molecule has 0 bridgehead atoms. The number of morpholine rings is 1. The van der Waals surface area contributed by atoms with E-state index in [4.69, 9.17) is 4.74 Å². The van der Waals surface area contributed by atoms with E-state index in [1.54, 1.807) is 19.1 Å². The van der Waals surface area contributed by atoms with Crippen molar-refractivity contribution in [1.82, 2.24) is 5.32 Å². The first-order valence-electron chi connectivity index (χ1n) is 6.72. The van der Waals surface area contributed by atoms with E-state index in [0.717, 1.165) is 5.56 Å². The number of nitrogens with one attached hydrogen (secondary N) is 1. The van der Waals surface area contributed by atoms with Gasteiger partial charge in [-0.05, 0) is 30.7 Å². The number of allylic oxidation sites excluding steroid dienone is 1. The molecule has 1 aromatic rings. The molecule has 1 saturated heterocycles. The summed E-state index contributed by atoms with van der Waals surface area (Å²) >= 11 is 0. The third-order valence-corrected chi connectivity index (χ3v) is 3.15. The van der Waals surface area contributed by atoms with E-state index in [1.165, 1.54) is 12.1 Å². The summed E-state index contributed by atoms with van der Waals surface area (Å²) in [5, 5.41) is 2.70. The van der Waals surface area contributed by atoms with Crippen molar-refractivity contribution in [1.29, 1.82) is 0 Å². The normalized spacial score (nSPS) is 15.6. The molecule has 1 N–H and O–H groups in total. The predicted octanol–water partition coefficient (Wildman–Crippen LogP) is 1.85. The number of carbonyl (C=O) groups is 1. The minimum absolute atomic E-state index is 0.176. The average molecular weight is 278 g/mol. The Morgan fingerprint density at radius 1 is 1.45 bits per heavy atom. The largest absolute Gasteiger partial charge is 0.378 e. The first kappa shape index (κ1) is 14.5. The van der Waals surface area contributed by atoms with Gasteiger partial charge < -0.3 is 15.0 Å². The highest BCUT2D eigenvalue weighted by Gasteiger charge is 2.15. The van der Waals surface area contributed by atoms with Gasteiger partial charge in [-0.3, -0.25) is 4.79 Å². The second kappa shape index (κ2) is 7.05. The molecule has 1 heterocycles. The topological polar surface area (TPSA) is 41.6 Å². The zero-order valence-electron chi connectivity index (χ0n) is 11.6. The van der Waals surface area contributed by atoms with Crippen LogP contribution >= 0.6 is 0 Å². The van der Waals surface area contributed by atoms with E-state index in [2.05, 4.69) is 5.32 Å². The molecule has 0 saturated carbocycles. The molecule has 20 heavy (non-hydrogen) atoms. The summed E-state index contributed by atoms with van der Waals surface area (Å²) in [6, 6.07) is 5.07. The van der Waals surface area contributed by atoms with Gasteiger partial charge in [-0.2, -0.15) is 0 Å². The minimum Gasteiger partial charge on any atom is -0.378 e. The molecule has 1 aliphatic rings. The fourth-order valence-electron chi connectivity index (χ4n) is 2.12. The number of amides is 1. The maximum atomic E-state index is 14.1. The first-order valence-corrected chi connectivity index (χ1v) is 6.72. The highest BCUT2D eigenvalue weighted by atomic mass is 19.1. The summed E-state index contributed by atoms with van der Waals surface area (Å²) in [6.07, 6.45) is 3.11. The molecule has 1 amide bonds. The lowest BCUT2D eigenvalue weighted by Gasteiger charge is -2.29. The molecule has 1 aromatic carbocycles. The summed E-state index contributed by atoms with van der Waals surface area (Å²) in [5.41, 5.74) is 1.34. The molecular formula is C15H19FN2O2. The lowest BCUT2D eigenvalue weighted by atomic mass is 10.1. The Kier molecular flexibility index (Phi) is 5.12. The lowest BCUT2D eigenvalue weighted by Crippen LogP contribution is -2.36. The first-order chi connectivity index (χ1) is 9.70. The molecule has 1 fully saturated rings. The van der Waals surface area contributed by atoms with Crippen molar-refractivity contribution in [3.05, 3.63) is 41.7 Å². The van der Waals surface area contributed by atoms with Crippen LogP contribution in [0.25, 0.3) is 0 Å². The Bertz CT molecular complexity index is 497. The van der Waals surface area contributed by atoms with Crippen molar-refractivity contribution in [3.8, 4) is 0 Å².